The van der Waals surface area contributed by atoms with E-state index in [0.717, 1.165) is 33.5 Å². The molecule has 0 fully saturated rings. The Balaban J connectivity index is 0.00000194. The first-order valence-corrected chi connectivity index (χ1v) is 39.0. The molecule has 68 heavy (non-hydrogen) atoms. The summed E-state index contributed by atoms with van der Waals surface area (Å²) in [4.78, 5) is 9.00. The minimum Gasteiger partial charge on any atom is 0 e. The standard InChI is InChI=1S/6C10H13.C2H4O2.O.Pd.2Sn/c6*1-10(2,3)9-7-5-4-6-8-9;1-2(3)4;;;;/h6*4-8H,1H2,2-3H3;1H3,(H,3,4);;;;. The molecule has 366 valence electrons. The van der Waals surface area contributed by atoms with Crippen molar-refractivity contribution in [3.05, 3.63) is 215 Å². The Kier molecular flexibility index (Phi) is 20.3. The Morgan fingerprint density at radius 2 is 0.456 bits per heavy atom. The average Bonchev–Trinajstić information content (AvgIpc) is 3.27. The van der Waals surface area contributed by atoms with Crippen LogP contribution in [0.1, 0.15) is 123 Å². The maximum Gasteiger partial charge on any atom is 0 e. The molecule has 0 radical (unpaired) electrons. The van der Waals surface area contributed by atoms with Crippen molar-refractivity contribution in [1.82, 2.24) is 0 Å². The summed E-state index contributed by atoms with van der Waals surface area (Å²) in [6, 6.07) is 68.6. The van der Waals surface area contributed by atoms with Gasteiger partial charge in [-0.25, -0.2) is 0 Å². The Morgan fingerprint density at radius 3 is 0.574 bits per heavy atom. The molecule has 0 aliphatic carbocycles. The van der Waals surface area contributed by atoms with Gasteiger partial charge in [-0.3, -0.25) is 4.79 Å². The van der Waals surface area contributed by atoms with Crippen molar-refractivity contribution < 1.29 is 31.7 Å². The molecule has 0 aromatic heterocycles. The predicted octanol–water partition coefficient (Wildman–Crippen LogP) is 16.8. The van der Waals surface area contributed by atoms with Crippen LogP contribution in [0, 0.1) is 0 Å². The number of hydrogen-bond acceptors (Lipinski definition) is 2. The normalized spacial score (nSPS) is 12.9. The molecule has 0 unspecified atom stereocenters. The molecule has 0 aliphatic rings. The number of carboxylic acid groups (broad SMARTS) is 1. The van der Waals surface area contributed by atoms with Crippen LogP contribution in [0.25, 0.3) is 0 Å². The van der Waals surface area contributed by atoms with Crippen molar-refractivity contribution in [2.45, 2.75) is 149 Å². The summed E-state index contributed by atoms with van der Waals surface area (Å²) in [5.74, 6) is -0.833. The summed E-state index contributed by atoms with van der Waals surface area (Å²) >= 11 is -8.23. The SMILES string of the molecule is CC(=O)O.CC(C)([CH2][Sn]([CH2]C(C)(C)c1ccccc1)([CH2]C(C)(C)c1ccccc1)[O][Sn]([CH2]C(C)(C)c1ccccc1)([CH2]C(C)(C)c1ccccc1)[CH2]C(C)(C)c1ccccc1)c1ccccc1.[Pd]. The number of carbonyl (C=O) groups is 1. The van der Waals surface area contributed by atoms with Gasteiger partial charge in [0.2, 0.25) is 0 Å². The summed E-state index contributed by atoms with van der Waals surface area (Å²) in [6.07, 6.45) is 0. The topological polar surface area (TPSA) is 46.5 Å². The third-order valence-electron chi connectivity index (χ3n) is 14.3. The molecule has 3 nitrogen and oxygen atoms in total. The van der Waals surface area contributed by atoms with Gasteiger partial charge in [-0.2, -0.15) is 0 Å². The van der Waals surface area contributed by atoms with E-state index in [1.54, 1.807) is 0 Å². The number of aliphatic carboxylic acids is 1. The first kappa shape index (κ1) is 57.6. The molecule has 0 saturated carbocycles. The van der Waals surface area contributed by atoms with E-state index >= 15 is 0 Å². The van der Waals surface area contributed by atoms with Crippen LogP contribution in [0.15, 0.2) is 182 Å². The van der Waals surface area contributed by atoms with Crippen molar-refractivity contribution in [2.75, 3.05) is 0 Å². The van der Waals surface area contributed by atoms with E-state index < -0.39 is 43.6 Å². The molecule has 0 saturated heterocycles. The zero-order valence-corrected chi connectivity index (χ0v) is 50.9. The van der Waals surface area contributed by atoms with Gasteiger partial charge >= 0.3 is 397 Å². The number of hydrogen-bond donors (Lipinski definition) is 1. The number of benzene rings is 6. The van der Waals surface area contributed by atoms with E-state index in [1.807, 2.05) is 0 Å². The Hall–Kier alpha value is -2.99. The van der Waals surface area contributed by atoms with Crippen molar-refractivity contribution in [3.63, 3.8) is 0 Å². The maximum absolute atomic E-state index is 9.39. The zero-order chi connectivity index (χ0) is 49.2. The molecule has 6 aromatic rings. The third-order valence-corrected chi connectivity index (χ3v) is 59.6. The van der Waals surface area contributed by atoms with Gasteiger partial charge in [-0.1, -0.05) is 0 Å². The minimum atomic E-state index is -4.11. The third kappa shape index (κ3) is 16.0. The van der Waals surface area contributed by atoms with E-state index in [2.05, 4.69) is 265 Å². The quantitative estimate of drug-likeness (QED) is 0.0775. The number of carboxylic acids is 1. The van der Waals surface area contributed by atoms with Gasteiger partial charge in [0.1, 0.15) is 0 Å². The van der Waals surface area contributed by atoms with Crippen LogP contribution in [-0.4, -0.2) is 48.7 Å². The van der Waals surface area contributed by atoms with Gasteiger partial charge in [0.05, 0.1) is 0 Å². The Labute approximate surface area is 435 Å². The van der Waals surface area contributed by atoms with Crippen LogP contribution in [-0.2, 0) is 59.1 Å². The van der Waals surface area contributed by atoms with Crippen molar-refractivity contribution in [3.8, 4) is 0 Å². The van der Waals surface area contributed by atoms with Crippen LogP contribution >= 0.6 is 0 Å². The summed E-state index contributed by atoms with van der Waals surface area (Å²) in [7, 11) is 0. The second kappa shape index (κ2) is 23.9. The van der Waals surface area contributed by atoms with Crippen LogP contribution < -0.4 is 0 Å². The van der Waals surface area contributed by atoms with E-state index in [0.29, 0.717) is 0 Å². The van der Waals surface area contributed by atoms with Gasteiger partial charge in [-0.05, 0) is 0 Å². The van der Waals surface area contributed by atoms with Gasteiger partial charge in [-0.15, -0.1) is 0 Å². The molecule has 6 heteroatoms. The van der Waals surface area contributed by atoms with Crippen LogP contribution in [0.3, 0.4) is 0 Å². The molecule has 6 aromatic carbocycles. The fraction of sp³-hybridized carbons (Fsp3) is 0.403. The van der Waals surface area contributed by atoms with Gasteiger partial charge in [0, 0.05) is 27.3 Å². The first-order chi connectivity index (χ1) is 31.3. The van der Waals surface area contributed by atoms with Crippen LogP contribution in [0.4, 0.5) is 0 Å². The molecule has 0 spiro atoms. The molecule has 0 aliphatic heterocycles. The van der Waals surface area contributed by atoms with Gasteiger partial charge in [0.25, 0.3) is 5.97 Å². The minimum absolute atomic E-state index is 0. The Morgan fingerprint density at radius 1 is 0.338 bits per heavy atom. The van der Waals surface area contributed by atoms with Crippen LogP contribution in [0.5, 0.6) is 0 Å². The van der Waals surface area contributed by atoms with Crippen LogP contribution in [0.2, 0.25) is 26.6 Å². The predicted molar refractivity (Wildman–Crippen MR) is 292 cm³/mol. The maximum atomic E-state index is 9.39. The van der Waals surface area contributed by atoms with Gasteiger partial charge in [0.15, 0.2) is 0 Å². The first-order valence-electron chi connectivity index (χ1n) is 24.5. The summed E-state index contributed by atoms with van der Waals surface area (Å²) < 4.78 is 16.1. The summed E-state index contributed by atoms with van der Waals surface area (Å²) in [5.41, 5.74) is 7.98. The van der Waals surface area contributed by atoms with Gasteiger partial charge < -0.3 is 5.11 Å². The molecular weight excluding hydrogens is 1140 g/mol. The monoisotopic (exact) mass is 1220 g/mol. The molecular formula is C62H82O3PdSn2. The molecule has 1 N–H and O–H groups in total. The number of rotatable bonds is 20. The fourth-order valence-corrected chi connectivity index (χ4v) is 74.8. The fourth-order valence-electron chi connectivity index (χ4n) is 11.8. The molecule has 0 amide bonds. The smallest absolute Gasteiger partial charge is 0 e. The second-order valence-corrected chi connectivity index (χ2v) is 47.6. The van der Waals surface area contributed by atoms with Crippen molar-refractivity contribution in [1.29, 1.82) is 0 Å². The van der Waals surface area contributed by atoms with E-state index in [4.69, 9.17) is 9.90 Å². The zero-order valence-electron chi connectivity index (χ0n) is 43.6. The molecule has 0 heterocycles. The van der Waals surface area contributed by atoms with E-state index in [9.17, 15) is 1.41 Å². The molecule has 0 atom stereocenters. The molecule has 6 rings (SSSR count). The van der Waals surface area contributed by atoms with E-state index in [-0.39, 0.29) is 52.9 Å². The largest absolute Gasteiger partial charge is 0 e. The summed E-state index contributed by atoms with van der Waals surface area (Å²) in [6.45, 7) is 31.5. The van der Waals surface area contributed by atoms with Crippen molar-refractivity contribution >= 4 is 43.6 Å². The molecule has 0 bridgehead atoms. The average molecular weight is 1220 g/mol. The summed E-state index contributed by atoms with van der Waals surface area (Å²) in [5, 5.41) is 7.42. The van der Waals surface area contributed by atoms with Crippen molar-refractivity contribution in [2.24, 2.45) is 0 Å². The Bertz CT molecular complexity index is 1990. The second-order valence-electron chi connectivity index (χ2n) is 23.5. The van der Waals surface area contributed by atoms with E-state index in [1.165, 1.54) is 33.4 Å².